The zero-order chi connectivity index (χ0) is 30.6. The van der Waals surface area contributed by atoms with E-state index in [-0.39, 0.29) is 31.1 Å². The molecular weight excluding hydrogens is 548 g/mol. The number of ether oxygens (including phenoxy) is 3. The molecular formula is C34H34N2O7. The summed E-state index contributed by atoms with van der Waals surface area (Å²) in [7, 11) is 0. The van der Waals surface area contributed by atoms with Gasteiger partial charge in [0.25, 0.3) is 5.91 Å². The highest BCUT2D eigenvalue weighted by molar-refractivity contribution is 5.94. The number of amides is 2. The van der Waals surface area contributed by atoms with Gasteiger partial charge in [-0.1, -0.05) is 44.2 Å². The molecule has 222 valence electrons. The summed E-state index contributed by atoms with van der Waals surface area (Å²) in [4.78, 5) is 48.4. The summed E-state index contributed by atoms with van der Waals surface area (Å²) in [6.07, 6.45) is 0.374. The molecule has 0 atom stereocenters. The molecule has 0 fully saturated rings. The Bertz CT molecular complexity index is 1560. The zero-order valence-electron chi connectivity index (χ0n) is 24.1. The molecule has 0 radical (unpaired) electrons. The molecule has 2 amide bonds. The van der Waals surface area contributed by atoms with E-state index in [9.17, 15) is 19.2 Å². The smallest absolute Gasteiger partial charge is 0.338 e. The molecule has 0 aliphatic carbocycles. The first kappa shape index (κ1) is 30.8. The highest BCUT2D eigenvalue weighted by atomic mass is 16.5. The van der Waals surface area contributed by atoms with E-state index < -0.39 is 24.5 Å². The van der Waals surface area contributed by atoms with Crippen LogP contribution in [0.1, 0.15) is 43.5 Å². The lowest BCUT2D eigenvalue weighted by Crippen LogP contribution is -2.21. The molecule has 9 heteroatoms. The van der Waals surface area contributed by atoms with Crippen LogP contribution in [0.25, 0.3) is 10.8 Å². The fourth-order valence-corrected chi connectivity index (χ4v) is 4.02. The van der Waals surface area contributed by atoms with Gasteiger partial charge < -0.3 is 24.8 Å². The van der Waals surface area contributed by atoms with Crippen LogP contribution in [-0.2, 0) is 23.9 Å². The van der Waals surface area contributed by atoms with Gasteiger partial charge in [-0.05, 0) is 83.8 Å². The number of rotatable bonds is 13. The van der Waals surface area contributed by atoms with Crippen LogP contribution in [-0.4, -0.2) is 37.0 Å². The average Bonchev–Trinajstić information content (AvgIpc) is 3.00. The van der Waals surface area contributed by atoms with Crippen LogP contribution in [0.2, 0.25) is 0 Å². The monoisotopic (exact) mass is 582 g/mol. The van der Waals surface area contributed by atoms with Gasteiger partial charge >= 0.3 is 11.9 Å². The Morgan fingerprint density at radius 2 is 1.30 bits per heavy atom. The summed E-state index contributed by atoms with van der Waals surface area (Å²) in [5.41, 5.74) is 1.43. The molecule has 2 N–H and O–H groups in total. The van der Waals surface area contributed by atoms with E-state index in [2.05, 4.69) is 10.6 Å². The Hall–Kier alpha value is -5.18. The van der Waals surface area contributed by atoms with Gasteiger partial charge in [-0.15, -0.1) is 0 Å². The van der Waals surface area contributed by atoms with Crippen molar-refractivity contribution in [1.82, 2.24) is 0 Å². The standard InChI is InChI=1S/C34H34N2O7/c1-23(2)21-42-34(40)25-10-13-27(14-11-25)36-32(38)22-41-33(39)9-5-8-31(37)35-28-15-18-29(19-16-28)43-30-17-12-24-6-3-4-7-26(24)20-30/h3-4,6-7,10-20,23H,5,8-9,21-22H2,1-2H3,(H,35,37)(H,36,38). The Morgan fingerprint density at radius 3 is 2.00 bits per heavy atom. The van der Waals surface area contributed by atoms with Crippen LogP contribution in [0.5, 0.6) is 11.5 Å². The van der Waals surface area contributed by atoms with Gasteiger partial charge in [0, 0.05) is 24.2 Å². The quantitative estimate of drug-likeness (QED) is 0.168. The van der Waals surface area contributed by atoms with Crippen molar-refractivity contribution in [3.63, 3.8) is 0 Å². The molecule has 0 heterocycles. The highest BCUT2D eigenvalue weighted by Crippen LogP contribution is 2.26. The van der Waals surface area contributed by atoms with Crippen molar-refractivity contribution in [3.8, 4) is 11.5 Å². The predicted molar refractivity (Wildman–Crippen MR) is 164 cm³/mol. The lowest BCUT2D eigenvalue weighted by Gasteiger charge is -2.09. The molecule has 0 saturated carbocycles. The van der Waals surface area contributed by atoms with Crippen LogP contribution < -0.4 is 15.4 Å². The molecule has 43 heavy (non-hydrogen) atoms. The van der Waals surface area contributed by atoms with Crippen LogP contribution in [0.3, 0.4) is 0 Å². The van der Waals surface area contributed by atoms with Gasteiger partial charge in [-0.25, -0.2) is 4.79 Å². The normalized spacial score (nSPS) is 10.7. The number of benzene rings is 4. The summed E-state index contributed by atoms with van der Waals surface area (Å²) in [6.45, 7) is 3.75. The maximum Gasteiger partial charge on any atom is 0.338 e. The summed E-state index contributed by atoms with van der Waals surface area (Å²) in [5, 5.41) is 7.61. The van der Waals surface area contributed by atoms with E-state index in [1.54, 1.807) is 48.5 Å². The fourth-order valence-electron chi connectivity index (χ4n) is 4.02. The van der Waals surface area contributed by atoms with Crippen molar-refractivity contribution in [2.75, 3.05) is 23.8 Å². The molecule has 0 aliphatic heterocycles. The van der Waals surface area contributed by atoms with E-state index in [1.165, 1.54) is 0 Å². The van der Waals surface area contributed by atoms with E-state index in [0.29, 0.717) is 29.3 Å². The minimum atomic E-state index is -0.582. The maximum atomic E-state index is 12.3. The third-order valence-corrected chi connectivity index (χ3v) is 6.20. The minimum absolute atomic E-state index is 0.00752. The topological polar surface area (TPSA) is 120 Å². The highest BCUT2D eigenvalue weighted by Gasteiger charge is 2.12. The summed E-state index contributed by atoms with van der Waals surface area (Å²) >= 11 is 0. The maximum absolute atomic E-state index is 12.3. The van der Waals surface area contributed by atoms with Gasteiger partial charge in [0.05, 0.1) is 12.2 Å². The number of carbonyl (C=O) groups is 4. The molecule has 0 spiro atoms. The summed E-state index contributed by atoms with van der Waals surface area (Å²) in [5.74, 6) is -0.196. The van der Waals surface area contributed by atoms with Crippen LogP contribution in [0, 0.1) is 5.92 Å². The fraction of sp³-hybridized carbons (Fsp3) is 0.235. The zero-order valence-corrected chi connectivity index (χ0v) is 24.1. The third-order valence-electron chi connectivity index (χ3n) is 6.20. The van der Waals surface area contributed by atoms with Crippen molar-refractivity contribution < 1.29 is 33.4 Å². The summed E-state index contributed by atoms with van der Waals surface area (Å²) in [6, 6.07) is 27.1. The first-order valence-corrected chi connectivity index (χ1v) is 14.0. The van der Waals surface area contributed by atoms with E-state index in [0.717, 1.165) is 16.5 Å². The van der Waals surface area contributed by atoms with Gasteiger partial charge in [-0.2, -0.15) is 0 Å². The number of carbonyl (C=O) groups excluding carboxylic acids is 4. The number of anilines is 2. The second-order valence-corrected chi connectivity index (χ2v) is 10.3. The molecule has 0 aromatic heterocycles. The summed E-state index contributed by atoms with van der Waals surface area (Å²) < 4.78 is 16.1. The Kier molecular flexibility index (Phi) is 10.9. The molecule has 0 unspecified atom stereocenters. The van der Waals surface area contributed by atoms with Crippen molar-refractivity contribution in [1.29, 1.82) is 0 Å². The van der Waals surface area contributed by atoms with Crippen LogP contribution in [0.15, 0.2) is 91.0 Å². The molecule has 0 aliphatic rings. The third kappa shape index (κ3) is 10.00. The minimum Gasteiger partial charge on any atom is -0.462 e. The van der Waals surface area contributed by atoms with E-state index in [4.69, 9.17) is 14.2 Å². The van der Waals surface area contributed by atoms with Crippen molar-refractivity contribution in [2.45, 2.75) is 33.1 Å². The van der Waals surface area contributed by atoms with Gasteiger partial charge in [0.15, 0.2) is 6.61 Å². The predicted octanol–water partition coefficient (Wildman–Crippen LogP) is 6.74. The van der Waals surface area contributed by atoms with E-state index in [1.807, 2.05) is 56.3 Å². The first-order chi connectivity index (χ1) is 20.7. The molecule has 9 nitrogen and oxygen atoms in total. The number of esters is 2. The Balaban J connectivity index is 1.11. The largest absolute Gasteiger partial charge is 0.462 e. The number of hydrogen-bond donors (Lipinski definition) is 2. The number of hydrogen-bond acceptors (Lipinski definition) is 7. The Morgan fingerprint density at radius 1 is 0.674 bits per heavy atom. The molecule has 0 bridgehead atoms. The second-order valence-electron chi connectivity index (χ2n) is 10.3. The van der Waals surface area contributed by atoms with Gasteiger partial charge in [-0.3, -0.25) is 14.4 Å². The second kappa shape index (κ2) is 15.2. The molecule has 0 saturated heterocycles. The molecule has 4 aromatic rings. The van der Waals surface area contributed by atoms with Crippen molar-refractivity contribution in [3.05, 3.63) is 96.6 Å². The lowest BCUT2D eigenvalue weighted by atomic mass is 10.1. The lowest BCUT2D eigenvalue weighted by molar-refractivity contribution is -0.147. The van der Waals surface area contributed by atoms with Crippen molar-refractivity contribution in [2.24, 2.45) is 5.92 Å². The SMILES string of the molecule is CC(C)COC(=O)c1ccc(NC(=O)COC(=O)CCCC(=O)Nc2ccc(Oc3ccc4ccccc4c3)cc2)cc1. The van der Waals surface area contributed by atoms with Crippen LogP contribution >= 0.6 is 0 Å². The van der Waals surface area contributed by atoms with E-state index >= 15 is 0 Å². The molecule has 4 aromatic carbocycles. The first-order valence-electron chi connectivity index (χ1n) is 14.0. The van der Waals surface area contributed by atoms with Crippen LogP contribution in [0.4, 0.5) is 11.4 Å². The van der Waals surface area contributed by atoms with Crippen molar-refractivity contribution >= 4 is 45.9 Å². The Labute approximate surface area is 250 Å². The van der Waals surface area contributed by atoms with Gasteiger partial charge in [0.2, 0.25) is 5.91 Å². The number of nitrogens with one attached hydrogen (secondary N) is 2. The molecule has 4 rings (SSSR count). The number of fused-ring (bicyclic) bond motifs is 1. The average molecular weight is 583 g/mol. The van der Waals surface area contributed by atoms with Gasteiger partial charge in [0.1, 0.15) is 11.5 Å².